The van der Waals surface area contributed by atoms with Crippen LogP contribution in [0.3, 0.4) is 0 Å². The third kappa shape index (κ3) is 8.15. The topological polar surface area (TPSA) is 124 Å². The van der Waals surface area contributed by atoms with Gasteiger partial charge in [-0.1, -0.05) is 44.2 Å². The van der Waals surface area contributed by atoms with E-state index in [1.807, 2.05) is 25.1 Å². The molecule has 6 rings (SSSR count). The highest BCUT2D eigenvalue weighted by Crippen LogP contribution is 2.47. The SMILES string of the molecule is C=CC[C@H](C)CS(=O)(=NC(=O)c1ccc2c(c1)N(C[C@@H]1CC[C@H]1[C@H](C=C)OC)C[C@@]1(CCCc3cc(CC)ccc31)CO2)NC(=O)c1cn(C)nc1OC. The van der Waals surface area contributed by atoms with Gasteiger partial charge in [-0.3, -0.25) is 19.0 Å². The van der Waals surface area contributed by atoms with Crippen molar-refractivity contribution in [2.24, 2.45) is 29.2 Å². The van der Waals surface area contributed by atoms with Gasteiger partial charge in [-0.05, 0) is 97.6 Å². The molecule has 2 amide bonds. The van der Waals surface area contributed by atoms with Crippen molar-refractivity contribution in [3.8, 4) is 11.6 Å². The van der Waals surface area contributed by atoms with Crippen LogP contribution in [0.5, 0.6) is 11.6 Å². The molecule has 2 aliphatic carbocycles. The fraction of sp³-hybridized carbons (Fsp3) is 0.500. The van der Waals surface area contributed by atoms with Gasteiger partial charge in [0.15, 0.2) is 0 Å². The molecule has 1 aromatic heterocycles. The molecule has 1 saturated carbocycles. The summed E-state index contributed by atoms with van der Waals surface area (Å²) in [6.07, 6.45) is 11.8. The minimum absolute atomic E-state index is 0.0338. The van der Waals surface area contributed by atoms with Gasteiger partial charge in [0.2, 0.25) is 5.88 Å². The second-order valence-electron chi connectivity index (χ2n) is 15.3. The van der Waals surface area contributed by atoms with Crippen molar-refractivity contribution in [2.75, 3.05) is 44.6 Å². The van der Waals surface area contributed by atoms with Gasteiger partial charge in [0.05, 0.1) is 31.3 Å². The normalized spacial score (nSPS) is 22.6. The molecule has 1 N–H and O–H groups in total. The van der Waals surface area contributed by atoms with E-state index in [2.05, 4.69) is 57.4 Å². The second-order valence-corrected chi connectivity index (χ2v) is 17.3. The number of aryl methyl sites for hydroxylation is 3. The average Bonchev–Trinajstić information content (AvgIpc) is 3.47. The number of amides is 2. The van der Waals surface area contributed by atoms with Crippen LogP contribution in [-0.2, 0) is 40.0 Å². The number of methoxy groups -OCH3 is 2. The van der Waals surface area contributed by atoms with E-state index in [-0.39, 0.29) is 40.2 Å². The molecule has 3 aliphatic rings. The number of hydrogen-bond acceptors (Lipinski definition) is 8. The molecule has 2 heterocycles. The van der Waals surface area contributed by atoms with E-state index in [1.165, 1.54) is 34.7 Å². The Labute approximate surface area is 320 Å². The number of hydrogen-bond donors (Lipinski definition) is 1. The summed E-state index contributed by atoms with van der Waals surface area (Å²) in [4.78, 5) is 30.0. The van der Waals surface area contributed by atoms with E-state index in [1.54, 1.807) is 26.3 Å². The van der Waals surface area contributed by atoms with Crippen LogP contribution in [-0.4, -0.2) is 71.6 Å². The summed E-state index contributed by atoms with van der Waals surface area (Å²) in [5.41, 5.74) is 5.00. The van der Waals surface area contributed by atoms with Gasteiger partial charge in [0, 0.05) is 44.4 Å². The number of carbonyl (C=O) groups is 2. The Balaban J connectivity index is 1.38. The van der Waals surface area contributed by atoms with E-state index in [4.69, 9.17) is 14.2 Å². The number of benzene rings is 2. The van der Waals surface area contributed by atoms with Crippen molar-refractivity contribution in [3.05, 3.63) is 95.7 Å². The van der Waals surface area contributed by atoms with Gasteiger partial charge in [0.1, 0.15) is 21.2 Å². The molecule has 2 aromatic carbocycles. The highest BCUT2D eigenvalue weighted by Gasteiger charge is 2.44. The van der Waals surface area contributed by atoms with E-state index in [0.717, 1.165) is 57.3 Å². The molecule has 1 unspecified atom stereocenters. The largest absolute Gasteiger partial charge is 0.490 e. The summed E-state index contributed by atoms with van der Waals surface area (Å²) in [6.45, 7) is 13.9. The molecular weight excluding hydrogens is 703 g/mol. The maximum absolute atomic E-state index is 14.5. The molecule has 0 radical (unpaired) electrons. The number of rotatable bonds is 14. The first-order valence-electron chi connectivity index (χ1n) is 19.0. The standard InChI is InChI=1S/C42H55N5O6S/c1-8-12-28(4)25-54(50,45-40(49)34-24-46(5)43-41(34)52-7)44-39(48)31-16-19-38-36(22-31)47(23-32-15-17-33(32)37(10-3)51-6)26-42(27-53-38)20-11-13-30-21-29(9-2)14-18-35(30)42/h8,10,14,16,18-19,21-22,24,28,32-33,37H,1,3,9,11-13,15,17,20,23,25-27H2,2,4-7H3,(H,44,45,48,49,50)/t28-,32-,33+,37-,42-,54?/m0/s1. The summed E-state index contributed by atoms with van der Waals surface area (Å²) in [5.74, 6) is -0.134. The number of aromatic nitrogens is 2. The molecule has 12 heteroatoms. The minimum Gasteiger partial charge on any atom is -0.490 e. The van der Waals surface area contributed by atoms with Crippen molar-refractivity contribution in [1.29, 1.82) is 0 Å². The molecule has 0 saturated heterocycles. The van der Waals surface area contributed by atoms with Crippen LogP contribution in [0.4, 0.5) is 5.69 Å². The second kappa shape index (κ2) is 16.5. The predicted octanol–water partition coefficient (Wildman–Crippen LogP) is 6.86. The highest BCUT2D eigenvalue weighted by molar-refractivity contribution is 7.92. The van der Waals surface area contributed by atoms with Crippen molar-refractivity contribution in [2.45, 2.75) is 70.3 Å². The molecule has 1 aliphatic heterocycles. The zero-order valence-electron chi connectivity index (χ0n) is 32.3. The summed E-state index contributed by atoms with van der Waals surface area (Å²) < 4.78 is 40.5. The molecule has 290 valence electrons. The first-order valence-corrected chi connectivity index (χ1v) is 20.7. The van der Waals surface area contributed by atoms with E-state index >= 15 is 0 Å². The van der Waals surface area contributed by atoms with Crippen molar-refractivity contribution < 1.29 is 28.0 Å². The van der Waals surface area contributed by atoms with Gasteiger partial charge < -0.3 is 19.1 Å². The first kappa shape index (κ1) is 39.3. The monoisotopic (exact) mass is 757 g/mol. The molecule has 0 bridgehead atoms. The Morgan fingerprint density at radius 1 is 1.20 bits per heavy atom. The van der Waals surface area contributed by atoms with Crippen molar-refractivity contribution in [3.63, 3.8) is 0 Å². The smallest absolute Gasteiger partial charge is 0.286 e. The molecular formula is C42H55N5O6S. The van der Waals surface area contributed by atoms with Gasteiger partial charge in [-0.2, -0.15) is 0 Å². The van der Waals surface area contributed by atoms with Crippen LogP contribution in [0, 0.1) is 17.8 Å². The molecule has 1 fully saturated rings. The van der Waals surface area contributed by atoms with Crippen LogP contribution in [0.15, 0.2) is 72.3 Å². The lowest BCUT2D eigenvalue weighted by Crippen LogP contribution is -2.49. The third-order valence-electron chi connectivity index (χ3n) is 11.4. The maximum Gasteiger partial charge on any atom is 0.286 e. The van der Waals surface area contributed by atoms with E-state index < -0.39 is 21.7 Å². The summed E-state index contributed by atoms with van der Waals surface area (Å²) >= 11 is 0. The minimum atomic E-state index is -3.59. The Morgan fingerprint density at radius 3 is 2.70 bits per heavy atom. The Hall–Kier alpha value is -4.42. The van der Waals surface area contributed by atoms with Gasteiger partial charge in [-0.15, -0.1) is 22.6 Å². The number of carbonyl (C=O) groups excluding carboxylic acids is 2. The van der Waals surface area contributed by atoms with Crippen LogP contribution in [0.2, 0.25) is 0 Å². The Bertz CT molecular complexity index is 2020. The molecule has 3 aromatic rings. The molecule has 11 nitrogen and oxygen atoms in total. The Morgan fingerprint density at radius 2 is 2.02 bits per heavy atom. The van der Waals surface area contributed by atoms with E-state index in [0.29, 0.717) is 30.6 Å². The Kier molecular flexibility index (Phi) is 12.0. The lowest BCUT2D eigenvalue weighted by molar-refractivity contribution is 0.0135. The van der Waals surface area contributed by atoms with E-state index in [9.17, 15) is 13.8 Å². The number of nitrogens with one attached hydrogen (secondary N) is 1. The number of fused-ring (bicyclic) bond motifs is 3. The van der Waals surface area contributed by atoms with Gasteiger partial charge in [-0.25, -0.2) is 4.21 Å². The fourth-order valence-electron chi connectivity index (χ4n) is 8.54. The molecule has 6 atom stereocenters. The van der Waals surface area contributed by atoms with Crippen LogP contribution in [0.1, 0.15) is 83.4 Å². The zero-order chi connectivity index (χ0) is 38.6. The number of anilines is 1. The number of ether oxygens (including phenoxy) is 3. The molecule has 1 spiro atoms. The summed E-state index contributed by atoms with van der Waals surface area (Å²) in [7, 11) is 1.20. The first-order chi connectivity index (χ1) is 25.9. The van der Waals surface area contributed by atoms with Crippen LogP contribution >= 0.6 is 0 Å². The highest BCUT2D eigenvalue weighted by atomic mass is 32.2. The van der Waals surface area contributed by atoms with Crippen LogP contribution < -0.4 is 19.1 Å². The fourth-order valence-corrected chi connectivity index (χ4v) is 10.4. The maximum atomic E-state index is 14.5. The third-order valence-corrected chi connectivity index (χ3v) is 13.4. The van der Waals surface area contributed by atoms with Crippen molar-refractivity contribution >= 4 is 27.4 Å². The lowest BCUT2D eigenvalue weighted by atomic mass is 9.68. The predicted molar refractivity (Wildman–Crippen MR) is 213 cm³/mol. The van der Waals surface area contributed by atoms with Gasteiger partial charge >= 0.3 is 0 Å². The van der Waals surface area contributed by atoms with Gasteiger partial charge in [0.25, 0.3) is 11.8 Å². The summed E-state index contributed by atoms with van der Waals surface area (Å²) in [5, 5.41) is 4.14. The number of nitrogens with zero attached hydrogens (tertiary/aromatic N) is 4. The average molecular weight is 758 g/mol. The molecule has 54 heavy (non-hydrogen) atoms. The quantitative estimate of drug-likeness (QED) is 0.177. The van der Waals surface area contributed by atoms with Crippen molar-refractivity contribution in [1.82, 2.24) is 14.5 Å². The zero-order valence-corrected chi connectivity index (χ0v) is 33.2. The van der Waals surface area contributed by atoms with Crippen LogP contribution in [0.25, 0.3) is 0 Å². The lowest BCUT2D eigenvalue weighted by Gasteiger charge is -2.46. The number of allylic oxidation sites excluding steroid dienone is 1. The summed E-state index contributed by atoms with van der Waals surface area (Å²) in [6, 6.07) is 12.2.